The van der Waals surface area contributed by atoms with Crippen LogP contribution in [-0.2, 0) is 18.4 Å². The third-order valence-corrected chi connectivity index (χ3v) is 3.84. The van der Waals surface area contributed by atoms with E-state index >= 15 is 0 Å². The molecule has 0 fully saturated rings. The van der Waals surface area contributed by atoms with Crippen molar-refractivity contribution in [3.8, 4) is 0 Å². The molecule has 1 N–H and O–H groups in total. The van der Waals surface area contributed by atoms with Crippen LogP contribution in [-0.4, -0.2) is 0 Å². The SMILES string of the molecule is CCCc1ccccc1NCc1ccc(C(C)(C)C)cc1. The Morgan fingerprint density at radius 3 is 2.19 bits per heavy atom. The van der Waals surface area contributed by atoms with Gasteiger partial charge in [0.05, 0.1) is 0 Å². The van der Waals surface area contributed by atoms with Crippen LogP contribution in [0.25, 0.3) is 0 Å². The molecule has 1 heteroatoms. The predicted octanol–water partition coefficient (Wildman–Crippen LogP) is 5.55. The molecule has 21 heavy (non-hydrogen) atoms. The number of aryl methyl sites for hydroxylation is 1. The van der Waals surface area contributed by atoms with E-state index in [9.17, 15) is 0 Å². The smallest absolute Gasteiger partial charge is 0.0400 e. The molecule has 0 amide bonds. The van der Waals surface area contributed by atoms with Crippen LogP contribution in [0.15, 0.2) is 48.5 Å². The van der Waals surface area contributed by atoms with Crippen LogP contribution in [0.5, 0.6) is 0 Å². The van der Waals surface area contributed by atoms with E-state index in [1.807, 2.05) is 0 Å². The van der Waals surface area contributed by atoms with E-state index in [2.05, 4.69) is 81.5 Å². The van der Waals surface area contributed by atoms with Gasteiger partial charge < -0.3 is 5.32 Å². The molecule has 0 saturated carbocycles. The largest absolute Gasteiger partial charge is 0.381 e. The summed E-state index contributed by atoms with van der Waals surface area (Å²) in [5.41, 5.74) is 5.61. The molecule has 0 aliphatic carbocycles. The summed E-state index contributed by atoms with van der Waals surface area (Å²) in [5.74, 6) is 0. The Labute approximate surface area is 129 Å². The van der Waals surface area contributed by atoms with Crippen LogP contribution in [0.4, 0.5) is 5.69 Å². The minimum atomic E-state index is 0.222. The second kappa shape index (κ2) is 6.80. The van der Waals surface area contributed by atoms with Gasteiger partial charge in [-0.15, -0.1) is 0 Å². The Morgan fingerprint density at radius 1 is 0.905 bits per heavy atom. The first-order valence-electron chi connectivity index (χ1n) is 7.92. The molecule has 1 nitrogen and oxygen atoms in total. The minimum Gasteiger partial charge on any atom is -0.381 e. The molecule has 112 valence electrons. The number of hydrogen-bond acceptors (Lipinski definition) is 1. The molecule has 2 aromatic rings. The summed E-state index contributed by atoms with van der Waals surface area (Å²) in [6, 6.07) is 17.6. The molecule has 0 unspecified atom stereocenters. The Kier molecular flexibility index (Phi) is 5.06. The average molecular weight is 281 g/mol. The lowest BCUT2D eigenvalue weighted by atomic mass is 9.87. The van der Waals surface area contributed by atoms with E-state index in [4.69, 9.17) is 0 Å². The number of para-hydroxylation sites is 1. The van der Waals surface area contributed by atoms with E-state index < -0.39 is 0 Å². The highest BCUT2D eigenvalue weighted by Crippen LogP contribution is 2.23. The molecule has 0 aliphatic heterocycles. The maximum absolute atomic E-state index is 3.57. The maximum Gasteiger partial charge on any atom is 0.0400 e. The fourth-order valence-corrected chi connectivity index (χ4v) is 2.50. The molecular weight excluding hydrogens is 254 g/mol. The van der Waals surface area contributed by atoms with Gasteiger partial charge in [0.25, 0.3) is 0 Å². The summed E-state index contributed by atoms with van der Waals surface area (Å²) in [6.45, 7) is 9.86. The molecular formula is C20H27N. The lowest BCUT2D eigenvalue weighted by Gasteiger charge is -2.19. The van der Waals surface area contributed by atoms with Crippen molar-refractivity contribution in [2.75, 3.05) is 5.32 Å². The van der Waals surface area contributed by atoms with Gasteiger partial charge in [-0.05, 0) is 34.6 Å². The first kappa shape index (κ1) is 15.6. The Balaban J connectivity index is 2.03. The second-order valence-corrected chi connectivity index (χ2v) is 6.71. The minimum absolute atomic E-state index is 0.222. The molecule has 2 rings (SSSR count). The van der Waals surface area contributed by atoms with Crippen molar-refractivity contribution in [1.29, 1.82) is 0 Å². The van der Waals surface area contributed by atoms with Crippen LogP contribution in [0, 0.1) is 0 Å². The van der Waals surface area contributed by atoms with Gasteiger partial charge in [-0.2, -0.15) is 0 Å². The van der Waals surface area contributed by atoms with Crippen molar-refractivity contribution in [2.24, 2.45) is 0 Å². The maximum atomic E-state index is 3.57. The first-order valence-corrected chi connectivity index (χ1v) is 7.92. The van der Waals surface area contributed by atoms with E-state index in [1.54, 1.807) is 0 Å². The van der Waals surface area contributed by atoms with Gasteiger partial charge in [0.15, 0.2) is 0 Å². The van der Waals surface area contributed by atoms with Crippen LogP contribution >= 0.6 is 0 Å². The number of hydrogen-bond donors (Lipinski definition) is 1. The zero-order valence-electron chi connectivity index (χ0n) is 13.7. The third-order valence-electron chi connectivity index (χ3n) is 3.84. The Bertz CT molecular complexity index is 561. The quantitative estimate of drug-likeness (QED) is 0.757. The van der Waals surface area contributed by atoms with Crippen LogP contribution in [0.3, 0.4) is 0 Å². The summed E-state index contributed by atoms with van der Waals surface area (Å²) in [6.07, 6.45) is 2.31. The number of benzene rings is 2. The van der Waals surface area contributed by atoms with Crippen LogP contribution in [0.1, 0.15) is 50.8 Å². The highest BCUT2D eigenvalue weighted by molar-refractivity contribution is 5.51. The second-order valence-electron chi connectivity index (χ2n) is 6.71. The average Bonchev–Trinajstić information content (AvgIpc) is 2.46. The highest BCUT2D eigenvalue weighted by atomic mass is 14.9. The molecule has 0 heterocycles. The van der Waals surface area contributed by atoms with Crippen molar-refractivity contribution in [3.05, 3.63) is 65.2 Å². The van der Waals surface area contributed by atoms with E-state index in [1.165, 1.54) is 28.8 Å². The van der Waals surface area contributed by atoms with Gasteiger partial charge in [-0.1, -0.05) is 76.6 Å². The van der Waals surface area contributed by atoms with Crippen molar-refractivity contribution < 1.29 is 0 Å². The molecule has 0 aromatic heterocycles. The van der Waals surface area contributed by atoms with E-state index in [-0.39, 0.29) is 5.41 Å². The lowest BCUT2D eigenvalue weighted by Crippen LogP contribution is -2.11. The summed E-state index contributed by atoms with van der Waals surface area (Å²) in [5, 5.41) is 3.57. The topological polar surface area (TPSA) is 12.0 Å². The number of anilines is 1. The zero-order valence-corrected chi connectivity index (χ0v) is 13.7. The van der Waals surface area contributed by atoms with Crippen molar-refractivity contribution in [3.63, 3.8) is 0 Å². The van der Waals surface area contributed by atoms with Crippen LogP contribution in [0.2, 0.25) is 0 Å². The highest BCUT2D eigenvalue weighted by Gasteiger charge is 2.12. The van der Waals surface area contributed by atoms with Gasteiger partial charge in [0, 0.05) is 12.2 Å². The normalized spacial score (nSPS) is 11.4. The Morgan fingerprint density at radius 2 is 1.57 bits per heavy atom. The molecule has 2 aromatic carbocycles. The summed E-state index contributed by atoms with van der Waals surface area (Å²) >= 11 is 0. The summed E-state index contributed by atoms with van der Waals surface area (Å²) in [4.78, 5) is 0. The fraction of sp³-hybridized carbons (Fsp3) is 0.400. The predicted molar refractivity (Wildman–Crippen MR) is 92.9 cm³/mol. The van der Waals surface area contributed by atoms with Gasteiger partial charge >= 0.3 is 0 Å². The van der Waals surface area contributed by atoms with Crippen molar-refractivity contribution in [1.82, 2.24) is 0 Å². The zero-order chi connectivity index (χ0) is 15.3. The molecule has 0 atom stereocenters. The van der Waals surface area contributed by atoms with Gasteiger partial charge in [-0.25, -0.2) is 0 Å². The summed E-state index contributed by atoms with van der Waals surface area (Å²) < 4.78 is 0. The fourth-order valence-electron chi connectivity index (χ4n) is 2.50. The van der Waals surface area contributed by atoms with Crippen molar-refractivity contribution >= 4 is 5.69 Å². The van der Waals surface area contributed by atoms with Gasteiger partial charge in [0.1, 0.15) is 0 Å². The lowest BCUT2D eigenvalue weighted by molar-refractivity contribution is 0.590. The van der Waals surface area contributed by atoms with Crippen molar-refractivity contribution in [2.45, 2.75) is 52.5 Å². The number of nitrogens with one attached hydrogen (secondary N) is 1. The number of rotatable bonds is 5. The molecule has 0 bridgehead atoms. The Hall–Kier alpha value is -1.76. The standard InChI is InChI=1S/C20H27N/c1-5-8-17-9-6-7-10-19(17)21-15-16-11-13-18(14-12-16)20(2,3)4/h6-7,9-14,21H,5,8,15H2,1-4H3. The molecule has 0 aliphatic rings. The monoisotopic (exact) mass is 281 g/mol. The molecule has 0 saturated heterocycles. The van der Waals surface area contributed by atoms with Crippen LogP contribution < -0.4 is 5.32 Å². The summed E-state index contributed by atoms with van der Waals surface area (Å²) in [7, 11) is 0. The van der Waals surface area contributed by atoms with E-state index in [0.717, 1.165) is 13.0 Å². The van der Waals surface area contributed by atoms with Gasteiger partial charge in [0.2, 0.25) is 0 Å². The van der Waals surface area contributed by atoms with Gasteiger partial charge in [-0.3, -0.25) is 0 Å². The first-order chi connectivity index (χ1) is 10.0. The molecule has 0 radical (unpaired) electrons. The molecule has 0 spiro atoms. The third kappa shape index (κ3) is 4.35. The van der Waals surface area contributed by atoms with E-state index in [0.29, 0.717) is 0 Å².